The van der Waals surface area contributed by atoms with Crippen LogP contribution in [-0.4, -0.2) is 12.1 Å². The summed E-state index contributed by atoms with van der Waals surface area (Å²) in [5.41, 5.74) is 3.58. The van der Waals surface area contributed by atoms with E-state index >= 15 is 0 Å². The van der Waals surface area contributed by atoms with Gasteiger partial charge in [-0.3, -0.25) is 4.79 Å². The fraction of sp³-hybridized carbons (Fsp3) is 0.438. The smallest absolute Gasteiger partial charge is 0.302 e. The van der Waals surface area contributed by atoms with Crippen molar-refractivity contribution in [1.29, 1.82) is 0 Å². The van der Waals surface area contributed by atoms with Gasteiger partial charge < -0.3 is 4.74 Å². The van der Waals surface area contributed by atoms with Gasteiger partial charge in [0.05, 0.1) is 0 Å². The van der Waals surface area contributed by atoms with Crippen LogP contribution in [-0.2, 0) is 14.9 Å². The molecule has 0 heterocycles. The van der Waals surface area contributed by atoms with Crippen molar-refractivity contribution in [2.24, 2.45) is 0 Å². The molecule has 1 aromatic rings. The lowest BCUT2D eigenvalue weighted by molar-refractivity contribution is -0.146. The van der Waals surface area contributed by atoms with E-state index in [0.717, 1.165) is 18.4 Å². The molecule has 1 fully saturated rings. The average molecular weight is 244 g/mol. The molecular formula is C16H20O2. The SMILES string of the molecule is C=C1CC(OC(C)=O)CC1(C)c1ccc(C)cc1. The highest BCUT2D eigenvalue weighted by molar-refractivity contribution is 5.66. The summed E-state index contributed by atoms with van der Waals surface area (Å²) in [6.07, 6.45) is 1.57. The number of ether oxygens (including phenoxy) is 1. The number of hydrogen-bond acceptors (Lipinski definition) is 2. The third kappa shape index (κ3) is 2.33. The van der Waals surface area contributed by atoms with Gasteiger partial charge in [-0.05, 0) is 18.9 Å². The summed E-state index contributed by atoms with van der Waals surface area (Å²) in [6, 6.07) is 8.54. The Morgan fingerprint density at radius 1 is 1.39 bits per heavy atom. The van der Waals surface area contributed by atoms with Crippen LogP contribution in [0.1, 0.15) is 37.8 Å². The molecule has 0 amide bonds. The molecule has 96 valence electrons. The van der Waals surface area contributed by atoms with E-state index in [1.165, 1.54) is 18.1 Å². The number of rotatable bonds is 2. The first-order chi connectivity index (χ1) is 8.41. The van der Waals surface area contributed by atoms with E-state index in [1.807, 2.05) is 0 Å². The second-order valence-corrected chi connectivity index (χ2v) is 5.44. The fourth-order valence-corrected chi connectivity index (χ4v) is 2.73. The number of carbonyl (C=O) groups excluding carboxylic acids is 1. The Morgan fingerprint density at radius 3 is 2.56 bits per heavy atom. The number of hydrogen-bond donors (Lipinski definition) is 0. The topological polar surface area (TPSA) is 26.3 Å². The standard InChI is InChI=1S/C16H20O2/c1-11-5-7-14(8-6-11)16(4)10-15(9-12(16)2)18-13(3)17/h5-8,15H,2,9-10H2,1,3-4H3. The zero-order chi connectivity index (χ0) is 13.3. The molecule has 1 aliphatic carbocycles. The predicted octanol–water partition coefficient (Wildman–Crippen LogP) is 3.53. The molecule has 0 saturated heterocycles. The number of aryl methyl sites for hydroxylation is 1. The molecule has 1 saturated carbocycles. The molecule has 2 heteroatoms. The fourth-order valence-electron chi connectivity index (χ4n) is 2.73. The lowest BCUT2D eigenvalue weighted by Gasteiger charge is -2.26. The number of carbonyl (C=O) groups is 1. The van der Waals surface area contributed by atoms with Crippen molar-refractivity contribution in [2.75, 3.05) is 0 Å². The average Bonchev–Trinajstić information content (AvgIpc) is 2.55. The van der Waals surface area contributed by atoms with Crippen LogP contribution >= 0.6 is 0 Å². The Morgan fingerprint density at radius 2 is 2.00 bits per heavy atom. The third-order valence-corrected chi connectivity index (χ3v) is 3.91. The van der Waals surface area contributed by atoms with Crippen LogP contribution in [0.25, 0.3) is 0 Å². The number of esters is 1. The van der Waals surface area contributed by atoms with Gasteiger partial charge in [0.2, 0.25) is 0 Å². The lowest BCUT2D eigenvalue weighted by Crippen LogP contribution is -2.21. The third-order valence-electron chi connectivity index (χ3n) is 3.91. The van der Waals surface area contributed by atoms with E-state index in [9.17, 15) is 4.79 Å². The van der Waals surface area contributed by atoms with Gasteiger partial charge in [-0.15, -0.1) is 0 Å². The van der Waals surface area contributed by atoms with E-state index in [-0.39, 0.29) is 17.5 Å². The highest BCUT2D eigenvalue weighted by Gasteiger charge is 2.41. The summed E-state index contributed by atoms with van der Waals surface area (Å²) in [6.45, 7) is 9.90. The molecule has 1 aliphatic rings. The molecule has 0 spiro atoms. The molecule has 2 rings (SSSR count). The second-order valence-electron chi connectivity index (χ2n) is 5.44. The first-order valence-corrected chi connectivity index (χ1v) is 6.34. The Balaban J connectivity index is 2.23. The van der Waals surface area contributed by atoms with Crippen molar-refractivity contribution < 1.29 is 9.53 Å². The van der Waals surface area contributed by atoms with E-state index < -0.39 is 0 Å². The van der Waals surface area contributed by atoms with Crippen molar-refractivity contribution in [1.82, 2.24) is 0 Å². The molecule has 0 N–H and O–H groups in total. The minimum absolute atomic E-state index is 0.0266. The van der Waals surface area contributed by atoms with E-state index in [1.54, 1.807) is 0 Å². The minimum atomic E-state index is -0.207. The highest BCUT2D eigenvalue weighted by atomic mass is 16.5. The van der Waals surface area contributed by atoms with Crippen LogP contribution in [0.15, 0.2) is 36.4 Å². The molecule has 0 aliphatic heterocycles. The maximum atomic E-state index is 11.0. The predicted molar refractivity (Wildman–Crippen MR) is 72.5 cm³/mol. The van der Waals surface area contributed by atoms with Gasteiger partial charge in [0.15, 0.2) is 0 Å². The zero-order valence-electron chi connectivity index (χ0n) is 11.3. The maximum absolute atomic E-state index is 11.0. The second kappa shape index (κ2) is 4.60. The molecule has 0 radical (unpaired) electrons. The maximum Gasteiger partial charge on any atom is 0.302 e. The van der Waals surface area contributed by atoms with Gasteiger partial charge in [0.1, 0.15) is 6.10 Å². The quantitative estimate of drug-likeness (QED) is 0.587. The Kier molecular flexibility index (Phi) is 3.29. The molecule has 2 unspecified atom stereocenters. The van der Waals surface area contributed by atoms with Crippen molar-refractivity contribution in [2.45, 2.75) is 45.1 Å². The normalized spacial score (nSPS) is 27.3. The van der Waals surface area contributed by atoms with E-state index in [0.29, 0.717) is 0 Å². The molecule has 0 aromatic heterocycles. The van der Waals surface area contributed by atoms with Crippen LogP contribution in [0.5, 0.6) is 0 Å². The summed E-state index contributed by atoms with van der Waals surface area (Å²) in [5.74, 6) is -0.207. The summed E-state index contributed by atoms with van der Waals surface area (Å²) >= 11 is 0. The lowest BCUT2D eigenvalue weighted by atomic mass is 9.78. The number of benzene rings is 1. The van der Waals surface area contributed by atoms with Gasteiger partial charge in [0, 0.05) is 18.8 Å². The van der Waals surface area contributed by atoms with Crippen molar-refractivity contribution in [3.05, 3.63) is 47.5 Å². The Bertz CT molecular complexity index is 472. The van der Waals surface area contributed by atoms with E-state index in [2.05, 4.69) is 44.7 Å². The van der Waals surface area contributed by atoms with Gasteiger partial charge in [-0.25, -0.2) is 0 Å². The Labute approximate surface area is 109 Å². The van der Waals surface area contributed by atoms with Crippen LogP contribution in [0.4, 0.5) is 0 Å². The molecule has 2 nitrogen and oxygen atoms in total. The zero-order valence-corrected chi connectivity index (χ0v) is 11.3. The van der Waals surface area contributed by atoms with Crippen molar-refractivity contribution in [3.8, 4) is 0 Å². The van der Waals surface area contributed by atoms with Gasteiger partial charge in [-0.2, -0.15) is 0 Å². The minimum Gasteiger partial charge on any atom is -0.462 e. The molecule has 0 bridgehead atoms. The molecule has 18 heavy (non-hydrogen) atoms. The van der Waals surface area contributed by atoms with Gasteiger partial charge >= 0.3 is 5.97 Å². The van der Waals surface area contributed by atoms with Crippen molar-refractivity contribution in [3.63, 3.8) is 0 Å². The summed E-state index contributed by atoms with van der Waals surface area (Å²) in [4.78, 5) is 11.0. The van der Waals surface area contributed by atoms with Crippen molar-refractivity contribution >= 4 is 5.97 Å². The van der Waals surface area contributed by atoms with Crippen LogP contribution in [0.3, 0.4) is 0 Å². The van der Waals surface area contributed by atoms with E-state index in [4.69, 9.17) is 4.74 Å². The molecule has 2 atom stereocenters. The van der Waals surface area contributed by atoms with Crippen LogP contribution in [0.2, 0.25) is 0 Å². The summed E-state index contributed by atoms with van der Waals surface area (Å²) in [7, 11) is 0. The first-order valence-electron chi connectivity index (χ1n) is 6.34. The van der Waals surface area contributed by atoms with Gasteiger partial charge in [0.25, 0.3) is 0 Å². The first kappa shape index (κ1) is 12.9. The Hall–Kier alpha value is -1.57. The largest absolute Gasteiger partial charge is 0.462 e. The molecule has 1 aromatic carbocycles. The highest BCUT2D eigenvalue weighted by Crippen LogP contribution is 2.45. The van der Waals surface area contributed by atoms with Crippen LogP contribution in [0, 0.1) is 6.92 Å². The summed E-state index contributed by atoms with van der Waals surface area (Å²) < 4.78 is 5.32. The summed E-state index contributed by atoms with van der Waals surface area (Å²) in [5, 5.41) is 0. The molecular weight excluding hydrogens is 224 g/mol. The monoisotopic (exact) mass is 244 g/mol. The van der Waals surface area contributed by atoms with Gasteiger partial charge in [-0.1, -0.05) is 48.9 Å². The van der Waals surface area contributed by atoms with Crippen LogP contribution < -0.4 is 0 Å².